The molecule has 0 bridgehead atoms. The zero-order chi connectivity index (χ0) is 7.56. The summed E-state index contributed by atoms with van der Waals surface area (Å²) in [7, 11) is 0. The molecule has 10 heavy (non-hydrogen) atoms. The summed E-state index contributed by atoms with van der Waals surface area (Å²) in [5.41, 5.74) is 0.698. The Balaban J connectivity index is 2.46. The average Bonchev–Trinajstić information content (AvgIpc) is 2.34. The third-order valence-electron chi connectivity index (χ3n) is 1.36. The van der Waals surface area contributed by atoms with Crippen LogP contribution in [-0.2, 0) is 0 Å². The van der Waals surface area contributed by atoms with Crippen LogP contribution in [0.3, 0.4) is 0 Å². The van der Waals surface area contributed by atoms with Gasteiger partial charge in [0.25, 0.3) is 0 Å². The molecule has 0 spiro atoms. The largest absolute Gasteiger partial charge is 0.364 e. The van der Waals surface area contributed by atoms with E-state index in [9.17, 15) is 0 Å². The highest BCUT2D eigenvalue weighted by Gasteiger charge is 2.18. The first-order valence-corrected chi connectivity index (χ1v) is 4.20. The van der Waals surface area contributed by atoms with Gasteiger partial charge in [0.1, 0.15) is 11.8 Å². The summed E-state index contributed by atoms with van der Waals surface area (Å²) in [6.07, 6.45) is 0. The van der Waals surface area contributed by atoms with E-state index in [1.54, 1.807) is 11.8 Å². The Bertz CT molecular complexity index is 190. The lowest BCUT2D eigenvalue weighted by molar-refractivity contribution is 0.568. The maximum atomic E-state index is 8.47. The van der Waals surface area contributed by atoms with Crippen LogP contribution >= 0.6 is 11.8 Å². The second-order valence-corrected chi connectivity index (χ2v) is 3.60. The number of hydrogen-bond acceptors (Lipinski definition) is 3. The van der Waals surface area contributed by atoms with Crippen molar-refractivity contribution in [2.24, 2.45) is 5.92 Å². The average molecular weight is 154 g/mol. The van der Waals surface area contributed by atoms with Gasteiger partial charge in [-0.3, -0.25) is 0 Å². The van der Waals surface area contributed by atoms with Crippen molar-refractivity contribution in [1.29, 1.82) is 5.26 Å². The van der Waals surface area contributed by atoms with Crippen molar-refractivity contribution in [1.82, 2.24) is 5.32 Å². The van der Waals surface area contributed by atoms with Crippen LogP contribution in [0.25, 0.3) is 0 Å². The zero-order valence-corrected chi connectivity index (χ0v) is 6.90. The maximum absolute atomic E-state index is 8.47. The summed E-state index contributed by atoms with van der Waals surface area (Å²) >= 11 is 1.69. The summed E-state index contributed by atoms with van der Waals surface area (Å²) in [5, 5.41) is 13.9. The molecule has 1 unspecified atom stereocenters. The molecule has 0 amide bonds. The van der Waals surface area contributed by atoms with Crippen LogP contribution in [-0.4, -0.2) is 5.37 Å². The molecule has 2 nitrogen and oxygen atoms in total. The van der Waals surface area contributed by atoms with E-state index in [0.717, 1.165) is 0 Å². The highest BCUT2D eigenvalue weighted by molar-refractivity contribution is 8.03. The van der Waals surface area contributed by atoms with Gasteiger partial charge in [-0.15, -0.1) is 11.8 Å². The summed E-state index contributed by atoms with van der Waals surface area (Å²) in [4.78, 5) is 0. The standard InChI is InChI=1S/C7H10N2S/c1-5(2)7-9-6(3-8)4-10-7/h4-5,7,9H,1-2H3. The number of rotatable bonds is 1. The molecule has 0 fully saturated rings. The molecule has 0 aliphatic carbocycles. The van der Waals surface area contributed by atoms with Gasteiger partial charge in [-0.05, 0) is 5.92 Å². The Labute approximate surface area is 65.3 Å². The van der Waals surface area contributed by atoms with E-state index < -0.39 is 0 Å². The van der Waals surface area contributed by atoms with Crippen molar-refractivity contribution < 1.29 is 0 Å². The molecule has 1 aliphatic heterocycles. The van der Waals surface area contributed by atoms with Crippen molar-refractivity contribution in [3.05, 3.63) is 11.1 Å². The van der Waals surface area contributed by atoms with E-state index in [2.05, 4.69) is 25.2 Å². The van der Waals surface area contributed by atoms with E-state index in [1.807, 2.05) is 5.41 Å². The minimum absolute atomic E-state index is 0.398. The van der Waals surface area contributed by atoms with E-state index in [0.29, 0.717) is 17.0 Å². The predicted octanol–water partition coefficient (Wildman–Crippen LogP) is 1.67. The molecule has 1 heterocycles. The molecular weight excluding hydrogens is 144 g/mol. The lowest BCUT2D eigenvalue weighted by Crippen LogP contribution is -2.24. The van der Waals surface area contributed by atoms with Crippen LogP contribution in [0.15, 0.2) is 11.1 Å². The van der Waals surface area contributed by atoms with Crippen LogP contribution in [0.1, 0.15) is 13.8 Å². The fourth-order valence-corrected chi connectivity index (χ4v) is 1.66. The quantitative estimate of drug-likeness (QED) is 0.624. The van der Waals surface area contributed by atoms with Crippen molar-refractivity contribution >= 4 is 11.8 Å². The molecule has 0 radical (unpaired) electrons. The van der Waals surface area contributed by atoms with Gasteiger partial charge in [-0.25, -0.2) is 0 Å². The third-order valence-corrected chi connectivity index (χ3v) is 2.68. The van der Waals surface area contributed by atoms with Crippen LogP contribution in [0.5, 0.6) is 0 Å². The van der Waals surface area contributed by atoms with Gasteiger partial charge in [-0.1, -0.05) is 13.8 Å². The van der Waals surface area contributed by atoms with Gasteiger partial charge in [0.05, 0.1) is 5.37 Å². The van der Waals surface area contributed by atoms with Crippen molar-refractivity contribution in [3.63, 3.8) is 0 Å². The maximum Gasteiger partial charge on any atom is 0.120 e. The molecule has 0 aromatic carbocycles. The molecule has 0 aromatic heterocycles. The fourth-order valence-electron chi connectivity index (χ4n) is 0.745. The molecule has 54 valence electrons. The second kappa shape index (κ2) is 2.98. The SMILES string of the molecule is CC(C)C1NC(C#N)=CS1. The zero-order valence-electron chi connectivity index (χ0n) is 6.09. The molecule has 3 heteroatoms. The van der Waals surface area contributed by atoms with E-state index >= 15 is 0 Å². The summed E-state index contributed by atoms with van der Waals surface area (Å²) in [6, 6.07) is 2.08. The molecule has 1 atom stereocenters. The van der Waals surface area contributed by atoms with Crippen LogP contribution in [0.4, 0.5) is 0 Å². The van der Waals surface area contributed by atoms with E-state index in [4.69, 9.17) is 5.26 Å². The summed E-state index contributed by atoms with van der Waals surface area (Å²) in [6.45, 7) is 4.28. The molecule has 1 rings (SSSR count). The Kier molecular flexibility index (Phi) is 2.23. The number of thioether (sulfide) groups is 1. The highest BCUT2D eigenvalue weighted by Crippen LogP contribution is 2.25. The Hall–Kier alpha value is -0.620. The number of allylic oxidation sites excluding steroid dienone is 1. The van der Waals surface area contributed by atoms with Gasteiger partial charge < -0.3 is 5.32 Å². The number of nitrogens with zero attached hydrogens (tertiary/aromatic N) is 1. The summed E-state index contributed by atoms with van der Waals surface area (Å²) < 4.78 is 0. The van der Waals surface area contributed by atoms with Crippen molar-refractivity contribution in [2.45, 2.75) is 19.2 Å². The highest BCUT2D eigenvalue weighted by atomic mass is 32.2. The third kappa shape index (κ3) is 1.45. The van der Waals surface area contributed by atoms with Crippen LogP contribution < -0.4 is 5.32 Å². The fraction of sp³-hybridized carbons (Fsp3) is 0.571. The van der Waals surface area contributed by atoms with Crippen LogP contribution in [0.2, 0.25) is 0 Å². The molecule has 0 saturated carbocycles. The molecule has 1 aliphatic rings. The number of nitriles is 1. The predicted molar refractivity (Wildman–Crippen MR) is 43.0 cm³/mol. The molecule has 0 saturated heterocycles. The molecular formula is C7H10N2S. The smallest absolute Gasteiger partial charge is 0.120 e. The first kappa shape index (κ1) is 7.49. The Morgan fingerprint density at radius 3 is 2.80 bits per heavy atom. The van der Waals surface area contributed by atoms with Gasteiger partial charge in [0.15, 0.2) is 0 Å². The van der Waals surface area contributed by atoms with Gasteiger partial charge in [0, 0.05) is 5.41 Å². The Morgan fingerprint density at radius 2 is 2.50 bits per heavy atom. The summed E-state index contributed by atoms with van der Waals surface area (Å²) in [5.74, 6) is 0.576. The lowest BCUT2D eigenvalue weighted by Gasteiger charge is -2.13. The van der Waals surface area contributed by atoms with E-state index in [1.165, 1.54) is 0 Å². The normalized spacial score (nSPS) is 23.8. The first-order valence-electron chi connectivity index (χ1n) is 3.26. The van der Waals surface area contributed by atoms with Gasteiger partial charge >= 0.3 is 0 Å². The molecule has 1 N–H and O–H groups in total. The first-order chi connectivity index (χ1) is 4.74. The minimum atomic E-state index is 0.398. The Morgan fingerprint density at radius 1 is 1.80 bits per heavy atom. The van der Waals surface area contributed by atoms with Gasteiger partial charge in [-0.2, -0.15) is 5.26 Å². The second-order valence-electron chi connectivity index (χ2n) is 2.59. The van der Waals surface area contributed by atoms with E-state index in [-0.39, 0.29) is 0 Å². The van der Waals surface area contributed by atoms with Gasteiger partial charge in [0.2, 0.25) is 0 Å². The lowest BCUT2D eigenvalue weighted by atomic mass is 10.2. The van der Waals surface area contributed by atoms with Crippen LogP contribution in [0, 0.1) is 17.2 Å². The monoisotopic (exact) mass is 154 g/mol. The number of nitrogens with one attached hydrogen (secondary N) is 1. The van der Waals surface area contributed by atoms with Crippen molar-refractivity contribution in [2.75, 3.05) is 0 Å². The molecule has 0 aromatic rings. The number of hydrogen-bond donors (Lipinski definition) is 1. The van der Waals surface area contributed by atoms with Crippen molar-refractivity contribution in [3.8, 4) is 6.07 Å². The minimum Gasteiger partial charge on any atom is -0.364 e. The topological polar surface area (TPSA) is 35.8 Å².